The number of nitrogens with zero attached hydrogens (tertiary/aromatic N) is 1. The summed E-state index contributed by atoms with van der Waals surface area (Å²) in [6.45, 7) is 2.88. The Bertz CT molecular complexity index is 1210. The summed E-state index contributed by atoms with van der Waals surface area (Å²) in [6.07, 6.45) is 6.88. The number of alkyl halides is 1. The maximum Gasteiger partial charge on any atom is 0.511 e. The summed E-state index contributed by atoms with van der Waals surface area (Å²) in [4.78, 5) is 13.3. The Morgan fingerprint density at radius 3 is 1.93 bits per heavy atom. The van der Waals surface area contributed by atoms with Crippen molar-refractivity contribution in [1.82, 2.24) is 0 Å². The van der Waals surface area contributed by atoms with Gasteiger partial charge in [0.1, 0.15) is 6.79 Å². The first-order valence-electron chi connectivity index (χ1n) is 14.8. The molecule has 41 heavy (non-hydrogen) atoms. The first kappa shape index (κ1) is 28.2. The van der Waals surface area contributed by atoms with Gasteiger partial charge in [-0.1, -0.05) is 103 Å². The van der Waals surface area contributed by atoms with E-state index in [2.05, 4.69) is 0 Å². The molecule has 1 spiro atoms. The summed E-state index contributed by atoms with van der Waals surface area (Å²) >= 11 is 6.43. The fraction of sp³-hybridized carbons (Fsp3) is 0.441. The molecule has 7 heteroatoms. The molecule has 3 atom stereocenters. The van der Waals surface area contributed by atoms with Gasteiger partial charge in [0, 0.05) is 55.2 Å². The van der Waals surface area contributed by atoms with Crippen LogP contribution in [-0.4, -0.2) is 55.3 Å². The molecule has 6 rings (SSSR count). The van der Waals surface area contributed by atoms with Crippen LogP contribution in [0.2, 0.25) is 0 Å². The number of hydrogen-bond acceptors (Lipinski definition) is 5. The van der Waals surface area contributed by atoms with Gasteiger partial charge in [-0.25, -0.2) is 4.79 Å². The number of quaternary nitrogens is 1. The summed E-state index contributed by atoms with van der Waals surface area (Å²) in [5.74, 6) is 0. The second-order valence-corrected chi connectivity index (χ2v) is 12.0. The van der Waals surface area contributed by atoms with Gasteiger partial charge in [0.2, 0.25) is 5.56 Å². The molecule has 3 aromatic carbocycles. The Balaban J connectivity index is 1.16. The third kappa shape index (κ3) is 5.89. The molecule has 3 aliphatic heterocycles. The van der Waals surface area contributed by atoms with Crippen LogP contribution in [0.25, 0.3) is 0 Å². The van der Waals surface area contributed by atoms with Crippen molar-refractivity contribution in [2.45, 2.75) is 67.9 Å². The molecule has 0 aliphatic carbocycles. The maximum absolute atomic E-state index is 13.3. The molecule has 6 nitrogen and oxygen atoms in total. The minimum Gasteiger partial charge on any atom is -0.415 e. The van der Waals surface area contributed by atoms with Crippen LogP contribution in [0.1, 0.15) is 60.8 Å². The Hall–Kier alpha value is -2.90. The van der Waals surface area contributed by atoms with E-state index in [1.807, 2.05) is 78.9 Å². The van der Waals surface area contributed by atoms with Crippen LogP contribution >= 0.6 is 11.6 Å². The van der Waals surface area contributed by atoms with Crippen molar-refractivity contribution in [1.29, 1.82) is 0 Å². The van der Waals surface area contributed by atoms with Crippen LogP contribution in [0.4, 0.5) is 4.79 Å². The standard InChI is InChI=1S/C34H39ClNO5/c35-32(26-12-4-1-5-13-26)40-33(37)41-34(27-14-6-2-7-15-27,28-16-8-3-9-17-28)24-38-25-39-31-22-29-18-19-30(23-31)36(29)20-10-11-21-36/h1-9,12-17,29-32H,10-11,18-25H2/q+1. The molecule has 3 heterocycles. The summed E-state index contributed by atoms with van der Waals surface area (Å²) in [5, 5.41) is 0. The highest BCUT2D eigenvalue weighted by atomic mass is 35.5. The highest BCUT2D eigenvalue weighted by Gasteiger charge is 2.55. The monoisotopic (exact) mass is 576 g/mol. The molecule has 3 aliphatic rings. The molecule has 3 unspecified atom stereocenters. The van der Waals surface area contributed by atoms with E-state index in [1.165, 1.54) is 43.3 Å². The van der Waals surface area contributed by atoms with E-state index < -0.39 is 17.3 Å². The number of ether oxygens (including phenoxy) is 4. The lowest BCUT2D eigenvalue weighted by Gasteiger charge is -2.47. The van der Waals surface area contributed by atoms with Gasteiger partial charge in [-0.2, -0.15) is 0 Å². The molecular weight excluding hydrogens is 538 g/mol. The molecule has 216 valence electrons. The van der Waals surface area contributed by atoms with Crippen LogP contribution in [0.3, 0.4) is 0 Å². The highest BCUT2D eigenvalue weighted by Crippen LogP contribution is 2.46. The normalized spacial score (nSPS) is 23.8. The van der Waals surface area contributed by atoms with Crippen molar-refractivity contribution in [2.24, 2.45) is 0 Å². The van der Waals surface area contributed by atoms with Gasteiger partial charge in [-0.15, -0.1) is 0 Å². The average Bonchev–Trinajstić information content (AvgIpc) is 3.56. The lowest BCUT2D eigenvalue weighted by atomic mass is 9.86. The van der Waals surface area contributed by atoms with Gasteiger partial charge < -0.3 is 23.4 Å². The first-order valence-corrected chi connectivity index (χ1v) is 15.3. The molecule has 3 saturated heterocycles. The molecule has 3 aromatic rings. The Morgan fingerprint density at radius 1 is 0.829 bits per heavy atom. The minimum atomic E-state index is -1.26. The number of rotatable bonds is 10. The van der Waals surface area contributed by atoms with Crippen LogP contribution in [0, 0.1) is 0 Å². The van der Waals surface area contributed by atoms with Crippen molar-refractivity contribution in [3.05, 3.63) is 108 Å². The SMILES string of the molecule is O=C(OC(Cl)c1ccccc1)OC(COCOC1CC2CCC(C1)[N+]21CCCC1)(c1ccccc1)c1ccccc1. The largest absolute Gasteiger partial charge is 0.511 e. The quantitative estimate of drug-likeness (QED) is 0.0832. The third-order valence-electron chi connectivity index (χ3n) is 9.45. The minimum absolute atomic E-state index is 0.0635. The zero-order chi connectivity index (χ0) is 28.1. The van der Waals surface area contributed by atoms with E-state index in [0.717, 1.165) is 36.1 Å². The van der Waals surface area contributed by atoms with E-state index in [-0.39, 0.29) is 19.5 Å². The number of carbonyl (C=O) groups is 1. The van der Waals surface area contributed by atoms with Gasteiger partial charge in [0.05, 0.1) is 37.9 Å². The van der Waals surface area contributed by atoms with Gasteiger partial charge in [0.15, 0.2) is 5.60 Å². The second kappa shape index (κ2) is 12.5. The zero-order valence-corrected chi connectivity index (χ0v) is 24.2. The zero-order valence-electron chi connectivity index (χ0n) is 23.4. The maximum atomic E-state index is 13.3. The van der Waals surface area contributed by atoms with Crippen molar-refractivity contribution < 1.29 is 28.2 Å². The fourth-order valence-corrected chi connectivity index (χ4v) is 7.71. The molecule has 0 saturated carbocycles. The van der Waals surface area contributed by atoms with Crippen LogP contribution in [0.15, 0.2) is 91.0 Å². The van der Waals surface area contributed by atoms with Gasteiger partial charge in [-0.05, 0) is 0 Å². The third-order valence-corrected chi connectivity index (χ3v) is 9.79. The lowest BCUT2D eigenvalue weighted by Crippen LogP contribution is -2.59. The van der Waals surface area contributed by atoms with Gasteiger partial charge in [-0.3, -0.25) is 0 Å². The smallest absolute Gasteiger partial charge is 0.415 e. The van der Waals surface area contributed by atoms with Crippen LogP contribution in [-0.2, 0) is 24.5 Å². The molecule has 0 aromatic heterocycles. The van der Waals surface area contributed by atoms with Crippen LogP contribution < -0.4 is 0 Å². The molecule has 2 bridgehead atoms. The molecule has 0 N–H and O–H groups in total. The van der Waals surface area contributed by atoms with Crippen molar-refractivity contribution >= 4 is 17.8 Å². The second-order valence-electron chi connectivity index (χ2n) is 11.6. The number of hydrogen-bond donors (Lipinski definition) is 0. The van der Waals surface area contributed by atoms with Gasteiger partial charge >= 0.3 is 6.16 Å². The average molecular weight is 577 g/mol. The van der Waals surface area contributed by atoms with Crippen molar-refractivity contribution in [3.63, 3.8) is 0 Å². The number of piperidine rings is 1. The number of halogens is 1. The summed E-state index contributed by atoms with van der Waals surface area (Å²) in [6, 6.07) is 29.9. The summed E-state index contributed by atoms with van der Waals surface area (Å²) in [5.41, 5.74) is -0.0388. The topological polar surface area (TPSA) is 54.0 Å². The molecule has 0 radical (unpaired) electrons. The van der Waals surface area contributed by atoms with Crippen molar-refractivity contribution in [2.75, 3.05) is 26.5 Å². The van der Waals surface area contributed by atoms with E-state index in [9.17, 15) is 4.79 Å². The van der Waals surface area contributed by atoms with E-state index in [1.54, 1.807) is 12.1 Å². The Morgan fingerprint density at radius 2 is 1.37 bits per heavy atom. The molecule has 3 fully saturated rings. The van der Waals surface area contributed by atoms with Crippen LogP contribution in [0.5, 0.6) is 0 Å². The summed E-state index contributed by atoms with van der Waals surface area (Å²) < 4.78 is 25.6. The Kier molecular flexibility index (Phi) is 8.63. The predicted molar refractivity (Wildman–Crippen MR) is 157 cm³/mol. The fourth-order valence-electron chi connectivity index (χ4n) is 7.49. The van der Waals surface area contributed by atoms with Crippen molar-refractivity contribution in [3.8, 4) is 0 Å². The van der Waals surface area contributed by atoms with Gasteiger partial charge in [0.25, 0.3) is 0 Å². The molecule has 0 amide bonds. The van der Waals surface area contributed by atoms with E-state index in [0.29, 0.717) is 5.56 Å². The highest BCUT2D eigenvalue weighted by molar-refractivity contribution is 6.20. The lowest BCUT2D eigenvalue weighted by molar-refractivity contribution is -0.956. The summed E-state index contributed by atoms with van der Waals surface area (Å²) in [7, 11) is 0. The molecular formula is C34H39ClNO5+. The number of carbonyl (C=O) groups excluding carboxylic acids is 1. The number of benzene rings is 3. The van der Waals surface area contributed by atoms with E-state index >= 15 is 0 Å². The first-order chi connectivity index (χ1) is 20.1. The predicted octanol–water partition coefficient (Wildman–Crippen LogP) is 7.32. The van der Waals surface area contributed by atoms with E-state index in [4.69, 9.17) is 30.5 Å². The Labute approximate surface area is 247 Å².